The Morgan fingerprint density at radius 3 is 2.59 bits per heavy atom. The third kappa shape index (κ3) is 6.44. The van der Waals surface area contributed by atoms with Crippen molar-refractivity contribution in [1.29, 1.82) is 0 Å². The van der Waals surface area contributed by atoms with Crippen LogP contribution >= 0.6 is 11.6 Å². The van der Waals surface area contributed by atoms with Crippen molar-refractivity contribution in [2.45, 2.75) is 23.8 Å². The van der Waals surface area contributed by atoms with E-state index in [1.165, 1.54) is 11.8 Å². The lowest BCUT2D eigenvalue weighted by Crippen LogP contribution is -2.46. The van der Waals surface area contributed by atoms with Crippen LogP contribution in [0.25, 0.3) is 0 Å². The Labute approximate surface area is 178 Å². The molecule has 0 aliphatic carbocycles. The quantitative estimate of drug-likeness (QED) is 0.630. The maximum atomic E-state index is 11.6. The molecule has 2 aromatic rings. The number of halogens is 1. The Hall–Kier alpha value is -1.60. The highest BCUT2D eigenvalue weighted by atomic mass is 35.5. The van der Waals surface area contributed by atoms with Gasteiger partial charge in [0, 0.05) is 43.9 Å². The molecule has 0 aromatic heterocycles. The zero-order valence-electron chi connectivity index (χ0n) is 16.9. The molecule has 1 aliphatic heterocycles. The zero-order valence-corrected chi connectivity index (χ0v) is 18.5. The molecule has 7 heteroatoms. The summed E-state index contributed by atoms with van der Waals surface area (Å²) in [7, 11) is -1.45. The Bertz CT molecular complexity index is 901. The van der Waals surface area contributed by atoms with Gasteiger partial charge in [-0.3, -0.25) is 0 Å². The van der Waals surface area contributed by atoms with Crippen LogP contribution < -0.4 is 4.74 Å². The van der Waals surface area contributed by atoms with E-state index >= 15 is 0 Å². The normalized spacial score (nSPS) is 20.5. The van der Waals surface area contributed by atoms with Gasteiger partial charge in [0.05, 0.1) is 17.6 Å². The van der Waals surface area contributed by atoms with Crippen LogP contribution in [0.1, 0.15) is 12.0 Å². The number of nitrogens with zero attached hydrogens (tertiary/aromatic N) is 1. The number of sulfone groups is 1. The lowest BCUT2D eigenvalue weighted by atomic mass is 9.95. The molecule has 0 N–H and O–H groups in total. The topological polar surface area (TPSA) is 55.8 Å². The van der Waals surface area contributed by atoms with Gasteiger partial charge in [-0.15, -0.1) is 0 Å². The molecule has 3 rings (SSSR count). The van der Waals surface area contributed by atoms with Crippen molar-refractivity contribution < 1.29 is 17.9 Å². The third-order valence-corrected chi connectivity index (χ3v) is 6.74. The number of methoxy groups -OCH3 is 1. The summed E-state index contributed by atoms with van der Waals surface area (Å²) in [6.45, 7) is 3.40. The van der Waals surface area contributed by atoms with Gasteiger partial charge in [0.2, 0.25) is 0 Å². The maximum absolute atomic E-state index is 11.6. The van der Waals surface area contributed by atoms with Gasteiger partial charge in [-0.2, -0.15) is 0 Å². The SMILES string of the molecule is COC1CCN(CCc2cccc(Cl)c2)CC1COc1ccc(S(C)(=O)=O)cc1. The molecular formula is C22H28ClNO4S. The van der Waals surface area contributed by atoms with E-state index in [-0.39, 0.29) is 12.0 Å². The first-order chi connectivity index (χ1) is 13.8. The molecule has 1 saturated heterocycles. The van der Waals surface area contributed by atoms with Crippen LogP contribution in [0, 0.1) is 5.92 Å². The van der Waals surface area contributed by atoms with Crippen LogP contribution in [0.5, 0.6) is 5.75 Å². The summed E-state index contributed by atoms with van der Waals surface area (Å²) in [4.78, 5) is 2.74. The first kappa shape index (κ1) is 22.1. The standard InChI is InChI=1S/C22H28ClNO4S/c1-27-22-11-13-24(12-10-17-4-3-5-19(23)14-17)15-18(22)16-28-20-6-8-21(9-7-20)29(2,25)26/h3-9,14,18,22H,10-13,15-16H2,1-2H3. The number of hydrogen-bond donors (Lipinski definition) is 0. The molecule has 158 valence electrons. The largest absolute Gasteiger partial charge is 0.493 e. The van der Waals surface area contributed by atoms with Gasteiger partial charge < -0.3 is 14.4 Å². The molecule has 2 aromatic carbocycles. The van der Waals surface area contributed by atoms with E-state index in [9.17, 15) is 8.42 Å². The van der Waals surface area contributed by atoms with Crippen molar-refractivity contribution >= 4 is 21.4 Å². The molecule has 1 fully saturated rings. The summed E-state index contributed by atoms with van der Waals surface area (Å²) < 4.78 is 34.8. The predicted octanol–water partition coefficient (Wildman–Crippen LogP) is 3.70. The Balaban J connectivity index is 1.55. The van der Waals surface area contributed by atoms with E-state index in [4.69, 9.17) is 21.1 Å². The van der Waals surface area contributed by atoms with Gasteiger partial charge in [-0.1, -0.05) is 23.7 Å². The van der Waals surface area contributed by atoms with Gasteiger partial charge >= 0.3 is 0 Å². The van der Waals surface area contributed by atoms with Crippen molar-refractivity contribution in [3.63, 3.8) is 0 Å². The van der Waals surface area contributed by atoms with Crippen LogP contribution in [-0.4, -0.2) is 59.0 Å². The molecule has 0 spiro atoms. The van der Waals surface area contributed by atoms with Gasteiger partial charge in [0.15, 0.2) is 9.84 Å². The molecule has 0 saturated carbocycles. The average Bonchev–Trinajstić information content (AvgIpc) is 2.70. The van der Waals surface area contributed by atoms with Crippen molar-refractivity contribution in [2.75, 3.05) is 39.6 Å². The predicted molar refractivity (Wildman–Crippen MR) is 116 cm³/mol. The first-order valence-electron chi connectivity index (χ1n) is 9.77. The number of piperidine rings is 1. The zero-order chi connectivity index (χ0) is 20.9. The molecule has 0 radical (unpaired) electrons. The van der Waals surface area contributed by atoms with Gasteiger partial charge in [0.25, 0.3) is 0 Å². The van der Waals surface area contributed by atoms with E-state index in [1.54, 1.807) is 31.4 Å². The summed E-state index contributed by atoms with van der Waals surface area (Å²) in [5.41, 5.74) is 1.24. The molecule has 0 bridgehead atoms. The third-order valence-electron chi connectivity index (χ3n) is 5.37. The maximum Gasteiger partial charge on any atom is 0.175 e. The van der Waals surface area contributed by atoms with E-state index in [0.717, 1.165) is 37.5 Å². The van der Waals surface area contributed by atoms with Crippen LogP contribution in [0.4, 0.5) is 0 Å². The fraction of sp³-hybridized carbons (Fsp3) is 0.455. The summed E-state index contributed by atoms with van der Waals surface area (Å²) in [6.07, 6.45) is 3.28. The van der Waals surface area contributed by atoms with Crippen LogP contribution in [-0.2, 0) is 21.0 Å². The summed E-state index contributed by atoms with van der Waals surface area (Å²) in [6, 6.07) is 14.6. The molecule has 2 atom stereocenters. The summed E-state index contributed by atoms with van der Waals surface area (Å²) in [5, 5.41) is 0.772. The average molecular weight is 438 g/mol. The molecule has 1 heterocycles. The van der Waals surface area contributed by atoms with E-state index in [2.05, 4.69) is 11.0 Å². The molecule has 5 nitrogen and oxygen atoms in total. The van der Waals surface area contributed by atoms with Crippen molar-refractivity contribution in [3.8, 4) is 5.75 Å². The number of benzene rings is 2. The monoisotopic (exact) mass is 437 g/mol. The molecule has 0 amide bonds. The highest BCUT2D eigenvalue weighted by molar-refractivity contribution is 7.90. The van der Waals surface area contributed by atoms with E-state index in [1.807, 2.05) is 18.2 Å². The molecule has 29 heavy (non-hydrogen) atoms. The Kier molecular flexibility index (Phi) is 7.57. The minimum Gasteiger partial charge on any atom is -0.493 e. The second-order valence-electron chi connectivity index (χ2n) is 7.56. The smallest absolute Gasteiger partial charge is 0.175 e. The minimum absolute atomic E-state index is 0.160. The van der Waals surface area contributed by atoms with Gasteiger partial charge in [-0.05, 0) is 54.8 Å². The fourth-order valence-electron chi connectivity index (χ4n) is 3.73. The minimum atomic E-state index is -3.20. The lowest BCUT2D eigenvalue weighted by molar-refractivity contribution is -0.0225. The van der Waals surface area contributed by atoms with Gasteiger partial charge in [-0.25, -0.2) is 8.42 Å². The summed E-state index contributed by atoms with van der Waals surface area (Å²) >= 11 is 6.08. The van der Waals surface area contributed by atoms with Crippen LogP contribution in [0.2, 0.25) is 5.02 Å². The molecule has 2 unspecified atom stereocenters. The van der Waals surface area contributed by atoms with Crippen LogP contribution in [0.15, 0.2) is 53.4 Å². The van der Waals surface area contributed by atoms with Crippen molar-refractivity contribution in [3.05, 3.63) is 59.1 Å². The first-order valence-corrected chi connectivity index (χ1v) is 12.0. The second-order valence-corrected chi connectivity index (χ2v) is 10.0. The van der Waals surface area contributed by atoms with Crippen molar-refractivity contribution in [1.82, 2.24) is 4.90 Å². The number of rotatable bonds is 8. The fourth-order valence-corrected chi connectivity index (χ4v) is 4.57. The lowest BCUT2D eigenvalue weighted by Gasteiger charge is -2.37. The van der Waals surface area contributed by atoms with E-state index in [0.29, 0.717) is 17.3 Å². The second kappa shape index (κ2) is 9.94. The van der Waals surface area contributed by atoms with Crippen LogP contribution in [0.3, 0.4) is 0 Å². The van der Waals surface area contributed by atoms with Crippen molar-refractivity contribution in [2.24, 2.45) is 5.92 Å². The summed E-state index contributed by atoms with van der Waals surface area (Å²) in [5.74, 6) is 0.922. The Morgan fingerprint density at radius 2 is 1.93 bits per heavy atom. The highest BCUT2D eigenvalue weighted by Gasteiger charge is 2.29. The highest BCUT2D eigenvalue weighted by Crippen LogP contribution is 2.23. The number of likely N-dealkylation sites (tertiary alicyclic amines) is 1. The van der Waals surface area contributed by atoms with Gasteiger partial charge in [0.1, 0.15) is 5.75 Å². The number of hydrogen-bond acceptors (Lipinski definition) is 5. The molecular weight excluding hydrogens is 410 g/mol. The van der Waals surface area contributed by atoms with E-state index < -0.39 is 9.84 Å². The number of ether oxygens (including phenoxy) is 2. The Morgan fingerprint density at radius 1 is 1.17 bits per heavy atom. The molecule has 1 aliphatic rings.